The number of benzene rings is 2. The molecule has 2 heterocycles. The lowest BCUT2D eigenvalue weighted by molar-refractivity contribution is 0.0934. The third-order valence-corrected chi connectivity index (χ3v) is 6.63. The second-order valence-corrected chi connectivity index (χ2v) is 11.1. The van der Waals surface area contributed by atoms with Crippen LogP contribution in [-0.4, -0.2) is 35.3 Å². The van der Waals surface area contributed by atoms with Gasteiger partial charge in [0.2, 0.25) is 0 Å². The van der Waals surface area contributed by atoms with Crippen LogP contribution < -0.4 is 10.1 Å². The zero-order valence-corrected chi connectivity index (χ0v) is 23.5. The molecule has 4 rings (SSSR count). The smallest absolute Gasteiger partial charge is 0.252 e. The van der Waals surface area contributed by atoms with E-state index in [2.05, 4.69) is 55.1 Å². The first-order valence-corrected chi connectivity index (χ1v) is 13.5. The Hall–Kier alpha value is -4.06. The molecule has 0 radical (unpaired) electrons. The molecule has 0 aliphatic rings. The first-order chi connectivity index (χ1) is 18.7. The highest BCUT2D eigenvalue weighted by Gasteiger charge is 2.23. The van der Waals surface area contributed by atoms with Gasteiger partial charge in [0.25, 0.3) is 5.91 Å². The standard InChI is InChI=1S/C33H37N3O3/c1-6-7-15-34-32(38)23-13-14-28(35-20-23)26-17-25-24(16-22-11-9-8-10-12-22)27(30(37)19-33(2,3)4)21-36-29(25)18-31(26)39-5/h8-14,17-18,20-21H,6-7,15-16,19H2,1-5H3,(H,34,38). The molecular weight excluding hydrogens is 486 g/mol. The monoisotopic (exact) mass is 523 g/mol. The minimum Gasteiger partial charge on any atom is -0.496 e. The van der Waals surface area contributed by atoms with Gasteiger partial charge < -0.3 is 10.1 Å². The van der Waals surface area contributed by atoms with E-state index < -0.39 is 0 Å². The number of ether oxygens (including phenoxy) is 1. The maximum Gasteiger partial charge on any atom is 0.252 e. The summed E-state index contributed by atoms with van der Waals surface area (Å²) >= 11 is 0. The highest BCUT2D eigenvalue weighted by atomic mass is 16.5. The van der Waals surface area contributed by atoms with E-state index >= 15 is 0 Å². The van der Waals surface area contributed by atoms with Crippen LogP contribution in [0.3, 0.4) is 0 Å². The Morgan fingerprint density at radius 3 is 2.38 bits per heavy atom. The van der Waals surface area contributed by atoms with E-state index in [9.17, 15) is 9.59 Å². The van der Waals surface area contributed by atoms with Crippen LogP contribution in [0.15, 0.2) is 67.0 Å². The molecule has 0 spiro atoms. The summed E-state index contributed by atoms with van der Waals surface area (Å²) in [6.45, 7) is 8.93. The summed E-state index contributed by atoms with van der Waals surface area (Å²) in [7, 11) is 1.62. The topological polar surface area (TPSA) is 81.2 Å². The number of aromatic nitrogens is 2. The molecule has 0 aliphatic carbocycles. The van der Waals surface area contributed by atoms with Crippen LogP contribution in [0.5, 0.6) is 5.75 Å². The molecule has 4 aromatic rings. The third kappa shape index (κ3) is 6.88. The summed E-state index contributed by atoms with van der Waals surface area (Å²) in [5.74, 6) is 0.572. The lowest BCUT2D eigenvalue weighted by Gasteiger charge is -2.19. The second-order valence-electron chi connectivity index (χ2n) is 11.1. The van der Waals surface area contributed by atoms with Crippen LogP contribution in [0, 0.1) is 5.41 Å². The van der Waals surface area contributed by atoms with Gasteiger partial charge in [-0.3, -0.25) is 19.6 Å². The van der Waals surface area contributed by atoms with Crippen molar-refractivity contribution < 1.29 is 14.3 Å². The molecule has 0 atom stereocenters. The minimum absolute atomic E-state index is 0.0803. The quantitative estimate of drug-likeness (QED) is 0.178. The number of carbonyl (C=O) groups excluding carboxylic acids is 2. The number of hydrogen-bond donors (Lipinski definition) is 1. The normalized spacial score (nSPS) is 11.4. The number of methoxy groups -OCH3 is 1. The Labute approximate surface area is 230 Å². The summed E-state index contributed by atoms with van der Waals surface area (Å²) in [6, 6.07) is 17.7. The van der Waals surface area contributed by atoms with E-state index in [0.717, 1.165) is 40.4 Å². The molecule has 202 valence electrons. The molecular formula is C33H37N3O3. The SMILES string of the molecule is CCCCNC(=O)c1ccc(-c2cc3c(Cc4ccccc4)c(C(=O)CC(C)(C)C)cnc3cc2OC)nc1. The molecule has 39 heavy (non-hydrogen) atoms. The van der Waals surface area contributed by atoms with Crippen molar-refractivity contribution in [2.24, 2.45) is 5.41 Å². The van der Waals surface area contributed by atoms with E-state index in [1.165, 1.54) is 0 Å². The fraction of sp³-hybridized carbons (Fsp3) is 0.333. The van der Waals surface area contributed by atoms with Gasteiger partial charge in [-0.25, -0.2) is 0 Å². The maximum absolute atomic E-state index is 13.5. The Morgan fingerprint density at radius 2 is 1.74 bits per heavy atom. The number of unbranched alkanes of at least 4 members (excludes halogenated alkanes) is 1. The number of nitrogens with one attached hydrogen (secondary N) is 1. The predicted molar refractivity (Wildman–Crippen MR) is 156 cm³/mol. The molecule has 0 saturated carbocycles. The maximum atomic E-state index is 13.5. The number of nitrogens with zero attached hydrogens (tertiary/aromatic N) is 2. The van der Waals surface area contributed by atoms with Crippen LogP contribution in [0.1, 0.15) is 78.8 Å². The number of carbonyl (C=O) groups is 2. The fourth-order valence-corrected chi connectivity index (χ4v) is 4.62. The first-order valence-electron chi connectivity index (χ1n) is 13.5. The largest absolute Gasteiger partial charge is 0.496 e. The highest BCUT2D eigenvalue weighted by Crippen LogP contribution is 2.36. The van der Waals surface area contributed by atoms with Crippen LogP contribution in [0.2, 0.25) is 0 Å². The molecule has 0 bridgehead atoms. The van der Waals surface area contributed by atoms with Crippen LogP contribution in [0.25, 0.3) is 22.2 Å². The van der Waals surface area contributed by atoms with Gasteiger partial charge in [0, 0.05) is 47.9 Å². The summed E-state index contributed by atoms with van der Waals surface area (Å²) in [6.07, 6.45) is 6.27. The van der Waals surface area contributed by atoms with Crippen molar-refractivity contribution in [2.75, 3.05) is 13.7 Å². The van der Waals surface area contributed by atoms with Crippen molar-refractivity contribution in [1.82, 2.24) is 15.3 Å². The van der Waals surface area contributed by atoms with Gasteiger partial charge in [0.15, 0.2) is 5.78 Å². The van der Waals surface area contributed by atoms with Crippen molar-refractivity contribution in [1.29, 1.82) is 0 Å². The molecule has 1 N–H and O–H groups in total. The number of rotatable bonds is 10. The summed E-state index contributed by atoms with van der Waals surface area (Å²) < 4.78 is 5.73. The Bertz CT molecular complexity index is 1460. The average molecular weight is 524 g/mol. The van der Waals surface area contributed by atoms with Gasteiger partial charge in [0.1, 0.15) is 5.75 Å². The molecule has 2 aromatic heterocycles. The zero-order valence-electron chi connectivity index (χ0n) is 23.5. The predicted octanol–water partition coefficient (Wildman–Crippen LogP) is 7.05. The van der Waals surface area contributed by atoms with Gasteiger partial charge >= 0.3 is 0 Å². The van der Waals surface area contributed by atoms with E-state index in [1.54, 1.807) is 25.6 Å². The van der Waals surface area contributed by atoms with Crippen molar-refractivity contribution in [3.63, 3.8) is 0 Å². The van der Waals surface area contributed by atoms with Gasteiger partial charge in [-0.2, -0.15) is 0 Å². The Morgan fingerprint density at radius 1 is 0.974 bits per heavy atom. The molecule has 6 heteroatoms. The minimum atomic E-state index is -0.143. The molecule has 0 fully saturated rings. The molecule has 0 aliphatic heterocycles. The van der Waals surface area contributed by atoms with Gasteiger partial charge in [-0.1, -0.05) is 64.4 Å². The van der Waals surface area contributed by atoms with E-state index in [1.807, 2.05) is 36.4 Å². The number of Topliss-reactive ketones (excluding diaryl/α,β-unsaturated/α-hetero) is 1. The van der Waals surface area contributed by atoms with Crippen LogP contribution >= 0.6 is 0 Å². The van der Waals surface area contributed by atoms with Crippen LogP contribution in [-0.2, 0) is 6.42 Å². The Kier molecular flexibility index (Phi) is 8.75. The first kappa shape index (κ1) is 28.0. The Balaban J connectivity index is 1.81. The van der Waals surface area contributed by atoms with Crippen LogP contribution in [0.4, 0.5) is 0 Å². The van der Waals surface area contributed by atoms with E-state index in [-0.39, 0.29) is 17.1 Å². The summed E-state index contributed by atoms with van der Waals surface area (Å²) in [4.78, 5) is 35.2. The van der Waals surface area contributed by atoms with Crippen molar-refractivity contribution >= 4 is 22.6 Å². The number of hydrogen-bond acceptors (Lipinski definition) is 5. The van der Waals surface area contributed by atoms with Gasteiger partial charge in [-0.15, -0.1) is 0 Å². The number of pyridine rings is 2. The lowest BCUT2D eigenvalue weighted by atomic mass is 9.85. The van der Waals surface area contributed by atoms with E-state index in [0.29, 0.717) is 42.0 Å². The third-order valence-electron chi connectivity index (χ3n) is 6.63. The number of fused-ring (bicyclic) bond motifs is 1. The molecule has 2 aromatic carbocycles. The molecule has 0 unspecified atom stereocenters. The number of ketones is 1. The lowest BCUT2D eigenvalue weighted by Crippen LogP contribution is -2.24. The van der Waals surface area contributed by atoms with Crippen molar-refractivity contribution in [3.8, 4) is 17.0 Å². The van der Waals surface area contributed by atoms with Crippen molar-refractivity contribution in [2.45, 2.75) is 53.4 Å². The van der Waals surface area contributed by atoms with E-state index in [4.69, 9.17) is 4.74 Å². The van der Waals surface area contributed by atoms with Crippen molar-refractivity contribution in [3.05, 3.63) is 89.2 Å². The molecule has 0 saturated heterocycles. The van der Waals surface area contributed by atoms with Gasteiger partial charge in [-0.05, 0) is 47.6 Å². The zero-order chi connectivity index (χ0) is 28.0. The second kappa shape index (κ2) is 12.2. The summed E-state index contributed by atoms with van der Waals surface area (Å²) in [5, 5.41) is 3.81. The average Bonchev–Trinajstić information content (AvgIpc) is 2.92. The highest BCUT2D eigenvalue weighted by molar-refractivity contribution is 6.03. The fourth-order valence-electron chi connectivity index (χ4n) is 4.62. The molecule has 1 amide bonds. The van der Waals surface area contributed by atoms with Gasteiger partial charge in [0.05, 0.1) is 23.9 Å². The summed E-state index contributed by atoms with van der Waals surface area (Å²) in [5.41, 5.74) is 5.27. The molecule has 6 nitrogen and oxygen atoms in total. The number of amides is 1.